The van der Waals surface area contributed by atoms with Crippen LogP contribution in [0.1, 0.15) is 38.2 Å². The lowest BCUT2D eigenvalue weighted by molar-refractivity contribution is 0.0682. The molecular weight excluding hydrogens is 306 g/mol. The summed E-state index contributed by atoms with van der Waals surface area (Å²) in [4.78, 5) is 12.1. The van der Waals surface area contributed by atoms with Crippen molar-refractivity contribution >= 4 is 11.7 Å². The molecule has 6 nitrogen and oxygen atoms in total. The Balaban J connectivity index is 1.97. The summed E-state index contributed by atoms with van der Waals surface area (Å²) in [5, 5.41) is 14.4. The highest BCUT2D eigenvalue weighted by Crippen LogP contribution is 2.27. The minimum absolute atomic E-state index is 0.118. The number of nitrogens with zero attached hydrogens (tertiary/aromatic N) is 1. The van der Waals surface area contributed by atoms with Crippen LogP contribution in [0, 0.1) is 18.3 Å². The van der Waals surface area contributed by atoms with E-state index in [-0.39, 0.29) is 18.2 Å². The molecule has 0 spiro atoms. The number of amides is 2. The van der Waals surface area contributed by atoms with Gasteiger partial charge < -0.3 is 20.1 Å². The first-order chi connectivity index (χ1) is 11.6. The van der Waals surface area contributed by atoms with Crippen LogP contribution >= 0.6 is 0 Å². The third-order valence-corrected chi connectivity index (χ3v) is 4.00. The maximum atomic E-state index is 12.1. The zero-order valence-electron chi connectivity index (χ0n) is 14.3. The SMILES string of the molecule is CC[C@H](CC#N)NC(=O)Nc1ccc(C)cc1OC[C@H]1CCCO1. The van der Waals surface area contributed by atoms with Gasteiger partial charge in [0.1, 0.15) is 12.4 Å². The van der Waals surface area contributed by atoms with E-state index >= 15 is 0 Å². The Kier molecular flexibility index (Phi) is 6.89. The largest absolute Gasteiger partial charge is 0.489 e. The molecular formula is C18H25N3O3. The highest BCUT2D eigenvalue weighted by molar-refractivity contribution is 5.91. The first-order valence-corrected chi connectivity index (χ1v) is 8.42. The second-order valence-electron chi connectivity index (χ2n) is 6.01. The molecule has 1 aromatic carbocycles. The highest BCUT2D eigenvalue weighted by Gasteiger charge is 2.18. The number of urea groups is 1. The molecule has 2 amide bonds. The number of ether oxygens (including phenoxy) is 2. The van der Waals surface area contributed by atoms with Crippen LogP contribution in [-0.4, -0.2) is 31.4 Å². The Morgan fingerprint density at radius 3 is 3.04 bits per heavy atom. The van der Waals surface area contributed by atoms with Crippen molar-refractivity contribution in [3.05, 3.63) is 23.8 Å². The molecule has 0 saturated carbocycles. The van der Waals surface area contributed by atoms with Crippen LogP contribution in [0.2, 0.25) is 0 Å². The van der Waals surface area contributed by atoms with Crippen molar-refractivity contribution in [2.75, 3.05) is 18.5 Å². The normalized spacial score (nSPS) is 17.8. The Morgan fingerprint density at radius 1 is 1.54 bits per heavy atom. The topological polar surface area (TPSA) is 83.4 Å². The van der Waals surface area contributed by atoms with Crippen LogP contribution < -0.4 is 15.4 Å². The molecule has 6 heteroatoms. The van der Waals surface area contributed by atoms with Crippen molar-refractivity contribution in [1.29, 1.82) is 5.26 Å². The summed E-state index contributed by atoms with van der Waals surface area (Å²) < 4.78 is 11.4. The number of benzene rings is 1. The Labute approximate surface area is 143 Å². The number of aryl methyl sites for hydroxylation is 1. The minimum atomic E-state index is -0.331. The number of carbonyl (C=O) groups excluding carboxylic acids is 1. The molecule has 1 aromatic rings. The zero-order valence-corrected chi connectivity index (χ0v) is 14.3. The van der Waals surface area contributed by atoms with Crippen LogP contribution in [0.25, 0.3) is 0 Å². The fourth-order valence-corrected chi connectivity index (χ4v) is 2.56. The molecule has 130 valence electrons. The molecule has 0 aliphatic carbocycles. The van der Waals surface area contributed by atoms with E-state index in [1.54, 1.807) is 0 Å². The highest BCUT2D eigenvalue weighted by atomic mass is 16.5. The molecule has 0 aromatic heterocycles. The molecule has 0 unspecified atom stereocenters. The van der Waals surface area contributed by atoms with Crippen LogP contribution in [0.4, 0.5) is 10.5 Å². The Hall–Kier alpha value is -2.26. The predicted molar refractivity (Wildman–Crippen MR) is 92.1 cm³/mol. The molecule has 1 aliphatic rings. The van der Waals surface area contributed by atoms with Gasteiger partial charge in [0.05, 0.1) is 24.3 Å². The maximum Gasteiger partial charge on any atom is 0.319 e. The van der Waals surface area contributed by atoms with E-state index in [0.717, 1.165) is 25.0 Å². The zero-order chi connectivity index (χ0) is 17.4. The predicted octanol–water partition coefficient (Wildman–Crippen LogP) is 3.37. The number of hydrogen-bond acceptors (Lipinski definition) is 4. The van der Waals surface area contributed by atoms with Gasteiger partial charge in [-0.3, -0.25) is 0 Å². The number of anilines is 1. The van der Waals surface area contributed by atoms with Crippen LogP contribution in [0.5, 0.6) is 5.75 Å². The van der Waals surface area contributed by atoms with Gasteiger partial charge in [-0.05, 0) is 43.9 Å². The van der Waals surface area contributed by atoms with Crippen LogP contribution in [-0.2, 0) is 4.74 Å². The molecule has 1 heterocycles. The molecule has 1 fully saturated rings. The molecule has 0 bridgehead atoms. The van der Waals surface area contributed by atoms with Crippen LogP contribution in [0.3, 0.4) is 0 Å². The Morgan fingerprint density at radius 2 is 2.38 bits per heavy atom. The summed E-state index contributed by atoms with van der Waals surface area (Å²) in [6.45, 7) is 5.17. The maximum absolute atomic E-state index is 12.1. The lowest BCUT2D eigenvalue weighted by atomic mass is 10.2. The standard InChI is InChI=1S/C18H25N3O3/c1-3-14(8-9-19)20-18(22)21-16-7-6-13(2)11-17(16)24-12-15-5-4-10-23-15/h6-7,11,14-15H,3-5,8,10,12H2,1-2H3,(H2,20,21,22)/t14-,15-/m1/s1. The van der Waals surface area contributed by atoms with Gasteiger partial charge in [-0.15, -0.1) is 0 Å². The third-order valence-electron chi connectivity index (χ3n) is 4.00. The summed E-state index contributed by atoms with van der Waals surface area (Å²) in [6.07, 6.45) is 3.18. The van der Waals surface area contributed by atoms with Gasteiger partial charge in [0, 0.05) is 12.6 Å². The summed E-state index contributed by atoms with van der Waals surface area (Å²) in [5.41, 5.74) is 1.67. The molecule has 2 rings (SSSR count). The van der Waals surface area contributed by atoms with Crippen molar-refractivity contribution < 1.29 is 14.3 Å². The first kappa shape index (κ1) is 18.1. The van der Waals surface area contributed by atoms with E-state index in [9.17, 15) is 4.79 Å². The number of hydrogen-bond donors (Lipinski definition) is 2. The fraction of sp³-hybridized carbons (Fsp3) is 0.556. The van der Waals surface area contributed by atoms with E-state index in [0.29, 0.717) is 30.9 Å². The van der Waals surface area contributed by atoms with Crippen LogP contribution in [0.15, 0.2) is 18.2 Å². The molecule has 2 atom stereocenters. The number of carbonyl (C=O) groups is 1. The van der Waals surface area contributed by atoms with E-state index in [1.165, 1.54) is 0 Å². The molecule has 2 N–H and O–H groups in total. The van der Waals surface area contributed by atoms with E-state index < -0.39 is 0 Å². The summed E-state index contributed by atoms with van der Waals surface area (Å²) in [5.74, 6) is 0.633. The Bertz CT molecular complexity index is 592. The summed E-state index contributed by atoms with van der Waals surface area (Å²) >= 11 is 0. The van der Waals surface area contributed by atoms with Gasteiger partial charge in [0.2, 0.25) is 0 Å². The van der Waals surface area contributed by atoms with E-state index in [4.69, 9.17) is 14.7 Å². The molecule has 1 aliphatic heterocycles. The quantitative estimate of drug-likeness (QED) is 0.802. The first-order valence-electron chi connectivity index (χ1n) is 8.42. The fourth-order valence-electron chi connectivity index (χ4n) is 2.56. The second kappa shape index (κ2) is 9.14. The van der Waals surface area contributed by atoms with Gasteiger partial charge in [-0.2, -0.15) is 5.26 Å². The number of rotatable bonds is 7. The van der Waals surface area contributed by atoms with Gasteiger partial charge in [0.15, 0.2) is 0 Å². The van der Waals surface area contributed by atoms with Crippen molar-refractivity contribution in [2.24, 2.45) is 0 Å². The molecule has 24 heavy (non-hydrogen) atoms. The molecule has 1 saturated heterocycles. The smallest absolute Gasteiger partial charge is 0.319 e. The van der Waals surface area contributed by atoms with Gasteiger partial charge in [-0.1, -0.05) is 13.0 Å². The summed E-state index contributed by atoms with van der Waals surface area (Å²) in [6, 6.07) is 7.23. The number of nitrogens with one attached hydrogen (secondary N) is 2. The monoisotopic (exact) mass is 331 g/mol. The van der Waals surface area contributed by atoms with Gasteiger partial charge in [0.25, 0.3) is 0 Å². The van der Waals surface area contributed by atoms with Crippen molar-refractivity contribution in [1.82, 2.24) is 5.32 Å². The number of nitriles is 1. The third kappa shape index (κ3) is 5.43. The van der Waals surface area contributed by atoms with Crippen molar-refractivity contribution in [2.45, 2.75) is 51.7 Å². The average Bonchev–Trinajstić information content (AvgIpc) is 3.08. The minimum Gasteiger partial charge on any atom is -0.489 e. The summed E-state index contributed by atoms with van der Waals surface area (Å²) in [7, 11) is 0. The van der Waals surface area contributed by atoms with Gasteiger partial charge in [-0.25, -0.2) is 4.79 Å². The second-order valence-corrected chi connectivity index (χ2v) is 6.01. The van der Waals surface area contributed by atoms with Crippen molar-refractivity contribution in [3.63, 3.8) is 0 Å². The van der Waals surface area contributed by atoms with Gasteiger partial charge >= 0.3 is 6.03 Å². The average molecular weight is 331 g/mol. The van der Waals surface area contributed by atoms with Crippen molar-refractivity contribution in [3.8, 4) is 11.8 Å². The lowest BCUT2D eigenvalue weighted by Crippen LogP contribution is -2.37. The van der Waals surface area contributed by atoms with E-state index in [1.807, 2.05) is 32.0 Å². The lowest BCUT2D eigenvalue weighted by Gasteiger charge is -2.18. The van der Waals surface area contributed by atoms with E-state index in [2.05, 4.69) is 16.7 Å². The molecule has 0 radical (unpaired) electrons.